The van der Waals surface area contributed by atoms with Gasteiger partial charge in [0.1, 0.15) is 0 Å². The van der Waals surface area contributed by atoms with Gasteiger partial charge in [-0.25, -0.2) is 0 Å². The van der Waals surface area contributed by atoms with Gasteiger partial charge in [-0.1, -0.05) is 55.4 Å². The quantitative estimate of drug-likeness (QED) is 0.769. The van der Waals surface area contributed by atoms with Crippen molar-refractivity contribution in [2.24, 2.45) is 21.7 Å². The molecule has 0 aromatic rings. The van der Waals surface area contributed by atoms with Gasteiger partial charge in [0.05, 0.1) is 5.41 Å². The molecule has 96 valence electrons. The molecule has 0 aliphatic carbocycles. The minimum atomic E-state index is -0.766. The summed E-state index contributed by atoms with van der Waals surface area (Å²) in [5, 5.41) is 9.67. The highest BCUT2D eigenvalue weighted by atomic mass is 16.4. The Kier molecular flexibility index (Phi) is 3.62. The molecule has 0 rings (SSSR count). The van der Waals surface area contributed by atoms with Crippen molar-refractivity contribution in [2.45, 2.75) is 62.3 Å². The highest BCUT2D eigenvalue weighted by Crippen LogP contribution is 2.58. The zero-order valence-electron chi connectivity index (χ0n) is 12.4. The average molecular weight is 228 g/mol. The molecule has 2 nitrogen and oxygen atoms in total. The van der Waals surface area contributed by atoms with E-state index in [0.29, 0.717) is 0 Å². The Bertz CT molecular complexity index is 276. The second kappa shape index (κ2) is 3.75. The second-order valence-corrected chi connectivity index (χ2v) is 7.56. The first kappa shape index (κ1) is 15.5. The number of hydrogen-bond acceptors (Lipinski definition) is 1. The van der Waals surface area contributed by atoms with Gasteiger partial charge in [-0.3, -0.25) is 4.79 Å². The number of carboxylic acids is 1. The van der Waals surface area contributed by atoms with Crippen LogP contribution in [0.1, 0.15) is 62.3 Å². The molecule has 1 N–H and O–H groups in total. The summed E-state index contributed by atoms with van der Waals surface area (Å²) in [4.78, 5) is 11.8. The van der Waals surface area contributed by atoms with E-state index in [2.05, 4.69) is 34.6 Å². The van der Waals surface area contributed by atoms with Crippen LogP contribution in [0.5, 0.6) is 0 Å². The SMILES string of the molecule is CC(C)(C)C(C)(C)C(C)(C(=O)O)C(C)(C)C. The van der Waals surface area contributed by atoms with Gasteiger partial charge in [-0.05, 0) is 23.2 Å². The summed E-state index contributed by atoms with van der Waals surface area (Å²) in [6, 6.07) is 0. The summed E-state index contributed by atoms with van der Waals surface area (Å²) in [5.74, 6) is -0.708. The largest absolute Gasteiger partial charge is 0.481 e. The Hall–Kier alpha value is -0.530. The van der Waals surface area contributed by atoms with E-state index in [1.165, 1.54) is 0 Å². The van der Waals surface area contributed by atoms with Gasteiger partial charge in [-0.15, -0.1) is 0 Å². The number of carbonyl (C=O) groups is 1. The first-order valence-corrected chi connectivity index (χ1v) is 5.93. The maximum atomic E-state index is 11.8. The highest BCUT2D eigenvalue weighted by Gasteiger charge is 2.58. The second-order valence-electron chi connectivity index (χ2n) is 7.56. The molecule has 0 aliphatic rings. The van der Waals surface area contributed by atoms with Crippen molar-refractivity contribution < 1.29 is 9.90 Å². The smallest absolute Gasteiger partial charge is 0.310 e. The van der Waals surface area contributed by atoms with Gasteiger partial charge in [0.15, 0.2) is 0 Å². The van der Waals surface area contributed by atoms with Crippen molar-refractivity contribution in [1.82, 2.24) is 0 Å². The van der Waals surface area contributed by atoms with Gasteiger partial charge in [0.25, 0.3) is 0 Å². The maximum absolute atomic E-state index is 11.8. The van der Waals surface area contributed by atoms with Gasteiger partial charge < -0.3 is 5.11 Å². The molecule has 0 spiro atoms. The van der Waals surface area contributed by atoms with E-state index >= 15 is 0 Å². The van der Waals surface area contributed by atoms with Crippen LogP contribution in [0.3, 0.4) is 0 Å². The highest BCUT2D eigenvalue weighted by molar-refractivity contribution is 5.76. The predicted octanol–water partition coefficient (Wildman–Crippen LogP) is 4.20. The zero-order chi connectivity index (χ0) is 13.6. The fraction of sp³-hybridized carbons (Fsp3) is 0.929. The molecule has 1 atom stereocenters. The van der Waals surface area contributed by atoms with E-state index in [1.54, 1.807) is 0 Å². The summed E-state index contributed by atoms with van der Waals surface area (Å²) in [6.07, 6.45) is 0. The predicted molar refractivity (Wildman–Crippen MR) is 68.4 cm³/mol. The molecular weight excluding hydrogens is 200 g/mol. The molecule has 0 aromatic carbocycles. The molecule has 0 fully saturated rings. The molecule has 0 aliphatic heterocycles. The molecule has 0 amide bonds. The monoisotopic (exact) mass is 228 g/mol. The van der Waals surface area contributed by atoms with Crippen LogP contribution >= 0.6 is 0 Å². The lowest BCUT2D eigenvalue weighted by Gasteiger charge is -2.55. The van der Waals surface area contributed by atoms with E-state index in [1.807, 2.05) is 27.7 Å². The van der Waals surface area contributed by atoms with E-state index < -0.39 is 11.4 Å². The normalized spacial score (nSPS) is 18.1. The van der Waals surface area contributed by atoms with Crippen LogP contribution in [0.2, 0.25) is 0 Å². The molecule has 2 heteroatoms. The molecule has 1 unspecified atom stereocenters. The Morgan fingerprint density at radius 2 is 1.06 bits per heavy atom. The number of aliphatic carboxylic acids is 1. The van der Waals surface area contributed by atoms with Gasteiger partial charge in [-0.2, -0.15) is 0 Å². The van der Waals surface area contributed by atoms with Crippen LogP contribution in [-0.4, -0.2) is 11.1 Å². The average Bonchev–Trinajstić information content (AvgIpc) is 1.97. The van der Waals surface area contributed by atoms with Crippen molar-refractivity contribution in [3.8, 4) is 0 Å². The van der Waals surface area contributed by atoms with Crippen LogP contribution in [0.4, 0.5) is 0 Å². The van der Waals surface area contributed by atoms with E-state index in [0.717, 1.165) is 0 Å². The first-order chi connectivity index (χ1) is 6.69. The van der Waals surface area contributed by atoms with Gasteiger partial charge in [0.2, 0.25) is 0 Å². The third kappa shape index (κ3) is 1.99. The van der Waals surface area contributed by atoms with Crippen molar-refractivity contribution in [3.05, 3.63) is 0 Å². The third-order valence-corrected chi connectivity index (χ3v) is 5.05. The third-order valence-electron chi connectivity index (χ3n) is 5.05. The van der Waals surface area contributed by atoms with E-state index in [9.17, 15) is 9.90 Å². The van der Waals surface area contributed by atoms with Crippen LogP contribution in [0.15, 0.2) is 0 Å². The standard InChI is InChI=1S/C14H28O2/c1-11(2,3)13(7,8)14(9,10(15)16)12(4,5)6/h1-9H3,(H,15,16). The van der Waals surface area contributed by atoms with Crippen LogP contribution in [0, 0.1) is 21.7 Å². The van der Waals surface area contributed by atoms with Gasteiger partial charge in [0, 0.05) is 0 Å². The lowest BCUT2D eigenvalue weighted by molar-refractivity contribution is -0.177. The molecule has 0 bridgehead atoms. The molecule has 0 heterocycles. The molecule has 0 saturated carbocycles. The summed E-state index contributed by atoms with van der Waals surface area (Å²) < 4.78 is 0. The summed E-state index contributed by atoms with van der Waals surface area (Å²) in [5.41, 5.74) is -1.41. The summed E-state index contributed by atoms with van der Waals surface area (Å²) in [7, 11) is 0. The Morgan fingerprint density at radius 3 is 1.12 bits per heavy atom. The molecule has 0 saturated heterocycles. The zero-order valence-corrected chi connectivity index (χ0v) is 12.4. The van der Waals surface area contributed by atoms with Crippen molar-refractivity contribution in [1.29, 1.82) is 0 Å². The van der Waals surface area contributed by atoms with Crippen molar-refractivity contribution >= 4 is 5.97 Å². The number of hydrogen-bond donors (Lipinski definition) is 1. The number of rotatable bonds is 2. The number of carboxylic acid groups (broad SMARTS) is 1. The Balaban J connectivity index is 5.85. The summed E-state index contributed by atoms with van der Waals surface area (Å²) in [6.45, 7) is 18.4. The first-order valence-electron chi connectivity index (χ1n) is 5.93. The van der Waals surface area contributed by atoms with E-state index in [-0.39, 0.29) is 16.2 Å². The van der Waals surface area contributed by atoms with Gasteiger partial charge >= 0.3 is 5.97 Å². The van der Waals surface area contributed by atoms with Crippen LogP contribution < -0.4 is 0 Å². The topological polar surface area (TPSA) is 37.3 Å². The Morgan fingerprint density at radius 1 is 0.750 bits per heavy atom. The Labute approximate surface area is 100 Å². The van der Waals surface area contributed by atoms with Crippen LogP contribution in [0.25, 0.3) is 0 Å². The molecular formula is C14H28O2. The fourth-order valence-corrected chi connectivity index (χ4v) is 2.28. The molecule has 16 heavy (non-hydrogen) atoms. The van der Waals surface area contributed by atoms with Crippen molar-refractivity contribution in [2.75, 3.05) is 0 Å². The molecule has 0 radical (unpaired) electrons. The fourth-order valence-electron chi connectivity index (χ4n) is 2.28. The van der Waals surface area contributed by atoms with Crippen LogP contribution in [-0.2, 0) is 4.79 Å². The summed E-state index contributed by atoms with van der Waals surface area (Å²) >= 11 is 0. The van der Waals surface area contributed by atoms with E-state index in [4.69, 9.17) is 0 Å². The van der Waals surface area contributed by atoms with Crippen molar-refractivity contribution in [3.63, 3.8) is 0 Å². The minimum absolute atomic E-state index is 0.0621. The maximum Gasteiger partial charge on any atom is 0.310 e. The lowest BCUT2D eigenvalue weighted by atomic mass is 9.47. The minimum Gasteiger partial charge on any atom is -0.481 e. The molecule has 0 aromatic heterocycles. The lowest BCUT2D eigenvalue weighted by Crippen LogP contribution is -2.56.